The number of allylic oxidation sites excluding steroid dienone is 3. The second-order valence-corrected chi connectivity index (χ2v) is 11.6. The third-order valence-corrected chi connectivity index (χ3v) is 9.54. The van der Waals surface area contributed by atoms with Crippen LogP contribution >= 0.6 is 0 Å². The molecule has 35 heavy (non-hydrogen) atoms. The second kappa shape index (κ2) is 8.12. The molecule has 6 rings (SSSR count). The number of hydrogen-bond acceptors (Lipinski definition) is 5. The number of sulfonamides is 1. The van der Waals surface area contributed by atoms with E-state index in [1.54, 1.807) is 30.3 Å². The molecule has 0 aromatic heterocycles. The minimum atomic E-state index is -4.05. The lowest BCUT2D eigenvalue weighted by atomic mass is 9.63. The van der Waals surface area contributed by atoms with E-state index < -0.39 is 33.5 Å². The highest BCUT2D eigenvalue weighted by Crippen LogP contribution is 2.50. The van der Waals surface area contributed by atoms with Crippen LogP contribution in [-0.4, -0.2) is 36.2 Å². The van der Waals surface area contributed by atoms with Crippen LogP contribution in [0.25, 0.3) is 0 Å². The Morgan fingerprint density at radius 3 is 2.34 bits per heavy atom. The number of fused-ring (bicyclic) bond motifs is 4. The van der Waals surface area contributed by atoms with Crippen LogP contribution in [0, 0.1) is 17.8 Å². The maximum atomic E-state index is 13.8. The van der Waals surface area contributed by atoms with Gasteiger partial charge in [0.1, 0.15) is 6.04 Å². The van der Waals surface area contributed by atoms with Crippen molar-refractivity contribution in [3.8, 4) is 0 Å². The SMILES string of the molecule is C[C@H]1CCCC2C1=CCC1=C2C(=O)C(=O)C2C(c3ccccc3)=NN(S(=O)(=O)c3ccccc3)C12. The molecule has 0 N–H and O–H groups in total. The summed E-state index contributed by atoms with van der Waals surface area (Å²) in [5.74, 6) is -1.72. The monoisotopic (exact) mass is 486 g/mol. The molecule has 4 aliphatic rings. The fourth-order valence-corrected chi connectivity index (χ4v) is 7.70. The molecule has 2 aromatic rings. The quantitative estimate of drug-likeness (QED) is 0.479. The Morgan fingerprint density at radius 2 is 1.63 bits per heavy atom. The van der Waals surface area contributed by atoms with Crippen LogP contribution in [0.4, 0.5) is 0 Å². The van der Waals surface area contributed by atoms with Gasteiger partial charge >= 0.3 is 0 Å². The Morgan fingerprint density at radius 1 is 0.943 bits per heavy atom. The summed E-state index contributed by atoms with van der Waals surface area (Å²) < 4.78 is 28.8. The molecule has 1 aliphatic heterocycles. The molecule has 1 fully saturated rings. The number of Topliss-reactive ketones (excluding diaryl/α,β-unsaturated/α-hetero) is 2. The molecular formula is C28H26N2O4S. The highest BCUT2D eigenvalue weighted by molar-refractivity contribution is 7.89. The molecule has 0 amide bonds. The van der Waals surface area contributed by atoms with E-state index in [1.807, 2.05) is 18.2 Å². The normalized spacial score (nSPS) is 28.2. The van der Waals surface area contributed by atoms with Gasteiger partial charge in [0.2, 0.25) is 11.6 Å². The minimum absolute atomic E-state index is 0.109. The van der Waals surface area contributed by atoms with Crippen LogP contribution in [0.3, 0.4) is 0 Å². The number of hydrazone groups is 1. The molecule has 0 bridgehead atoms. The lowest BCUT2D eigenvalue weighted by Gasteiger charge is -2.41. The van der Waals surface area contributed by atoms with Gasteiger partial charge in [0, 0.05) is 11.5 Å². The molecule has 3 unspecified atom stereocenters. The first-order valence-electron chi connectivity index (χ1n) is 12.1. The van der Waals surface area contributed by atoms with Gasteiger partial charge in [-0.3, -0.25) is 9.59 Å². The molecule has 4 atom stereocenters. The number of benzene rings is 2. The van der Waals surface area contributed by atoms with Crippen molar-refractivity contribution >= 4 is 27.3 Å². The molecular weight excluding hydrogens is 460 g/mol. The summed E-state index contributed by atoms with van der Waals surface area (Å²) in [5, 5.41) is 4.58. The van der Waals surface area contributed by atoms with E-state index in [2.05, 4.69) is 18.1 Å². The summed E-state index contributed by atoms with van der Waals surface area (Å²) in [7, 11) is -4.05. The number of carbonyl (C=O) groups is 2. The number of rotatable bonds is 3. The van der Waals surface area contributed by atoms with Gasteiger partial charge in [-0.05, 0) is 48.4 Å². The molecule has 2 aromatic carbocycles. The first kappa shape index (κ1) is 22.2. The van der Waals surface area contributed by atoms with Crippen LogP contribution in [0.1, 0.15) is 38.2 Å². The zero-order chi connectivity index (χ0) is 24.3. The fraction of sp³-hybridized carbons (Fsp3) is 0.321. The van der Waals surface area contributed by atoms with Gasteiger partial charge in [0.25, 0.3) is 10.0 Å². The summed E-state index contributed by atoms with van der Waals surface area (Å²) >= 11 is 0. The van der Waals surface area contributed by atoms with Crippen molar-refractivity contribution in [2.75, 3.05) is 0 Å². The van der Waals surface area contributed by atoms with E-state index in [4.69, 9.17) is 0 Å². The predicted molar refractivity (Wildman–Crippen MR) is 132 cm³/mol. The van der Waals surface area contributed by atoms with Crippen molar-refractivity contribution in [3.05, 3.63) is 89.0 Å². The van der Waals surface area contributed by atoms with Crippen LogP contribution in [0.2, 0.25) is 0 Å². The highest BCUT2D eigenvalue weighted by Gasteiger charge is 2.56. The number of nitrogens with zero attached hydrogens (tertiary/aromatic N) is 2. The van der Waals surface area contributed by atoms with Crippen molar-refractivity contribution in [1.82, 2.24) is 4.41 Å². The maximum Gasteiger partial charge on any atom is 0.279 e. The molecule has 3 aliphatic carbocycles. The van der Waals surface area contributed by atoms with E-state index in [9.17, 15) is 18.0 Å². The Bertz CT molecular complexity index is 1420. The molecule has 1 saturated carbocycles. The van der Waals surface area contributed by atoms with Crippen LogP contribution in [0.5, 0.6) is 0 Å². The van der Waals surface area contributed by atoms with Crippen LogP contribution in [0.15, 0.2) is 93.5 Å². The molecule has 1 heterocycles. The summed E-state index contributed by atoms with van der Waals surface area (Å²) in [6, 6.07) is 16.4. The van der Waals surface area contributed by atoms with Gasteiger partial charge in [0.05, 0.1) is 16.5 Å². The van der Waals surface area contributed by atoms with E-state index in [1.165, 1.54) is 17.7 Å². The summed E-state index contributed by atoms with van der Waals surface area (Å²) in [5.41, 5.74) is 3.47. The van der Waals surface area contributed by atoms with Gasteiger partial charge in [-0.25, -0.2) is 0 Å². The topological polar surface area (TPSA) is 83.9 Å². The predicted octanol–water partition coefficient (Wildman–Crippen LogP) is 4.29. The largest absolute Gasteiger partial charge is 0.290 e. The minimum Gasteiger partial charge on any atom is -0.290 e. The Hall–Kier alpha value is -3.32. The van der Waals surface area contributed by atoms with Crippen LogP contribution in [-0.2, 0) is 19.6 Å². The molecule has 6 nitrogen and oxygen atoms in total. The van der Waals surface area contributed by atoms with Crippen LogP contribution < -0.4 is 0 Å². The standard InChI is InChI=1S/C28H26N2O4S/c1-17-9-8-14-21-20(17)15-16-22-23(21)27(31)28(32)24-25(18-10-4-2-5-11-18)29-30(26(22)24)35(33,34)19-12-6-3-7-13-19/h2-7,10-13,15,17,21,24,26H,8-9,14,16H2,1H3/t17-,21?,24?,26?/m0/s1. The van der Waals surface area contributed by atoms with Crippen molar-refractivity contribution in [2.24, 2.45) is 22.9 Å². The smallest absolute Gasteiger partial charge is 0.279 e. The highest BCUT2D eigenvalue weighted by atomic mass is 32.2. The summed E-state index contributed by atoms with van der Waals surface area (Å²) in [6.07, 6.45) is 5.48. The van der Waals surface area contributed by atoms with E-state index >= 15 is 0 Å². The Labute approximate surface area is 205 Å². The third-order valence-electron chi connectivity index (χ3n) is 7.87. The first-order valence-corrected chi connectivity index (χ1v) is 13.6. The zero-order valence-electron chi connectivity index (χ0n) is 19.4. The summed E-state index contributed by atoms with van der Waals surface area (Å²) in [4.78, 5) is 27.4. The average Bonchev–Trinajstić information content (AvgIpc) is 3.30. The van der Waals surface area contributed by atoms with E-state index in [0.717, 1.165) is 29.2 Å². The lowest BCUT2D eigenvalue weighted by molar-refractivity contribution is -0.137. The summed E-state index contributed by atoms with van der Waals surface area (Å²) in [6.45, 7) is 2.17. The van der Waals surface area contributed by atoms with E-state index in [-0.39, 0.29) is 10.8 Å². The maximum absolute atomic E-state index is 13.8. The first-order chi connectivity index (χ1) is 16.9. The average molecular weight is 487 g/mol. The number of carbonyl (C=O) groups excluding carboxylic acids is 2. The van der Waals surface area contributed by atoms with Crippen molar-refractivity contribution in [1.29, 1.82) is 0 Å². The van der Waals surface area contributed by atoms with Gasteiger partial charge in [-0.15, -0.1) is 0 Å². The molecule has 0 spiro atoms. The number of hydrogen-bond donors (Lipinski definition) is 0. The van der Waals surface area contributed by atoms with Gasteiger partial charge < -0.3 is 0 Å². The Kier molecular flexibility index (Phi) is 5.14. The van der Waals surface area contributed by atoms with Gasteiger partial charge in [-0.1, -0.05) is 73.5 Å². The van der Waals surface area contributed by atoms with Crippen molar-refractivity contribution < 1.29 is 18.0 Å². The molecule has 178 valence electrons. The molecule has 0 saturated heterocycles. The number of ketones is 2. The van der Waals surface area contributed by atoms with Crippen molar-refractivity contribution in [3.63, 3.8) is 0 Å². The molecule has 0 radical (unpaired) electrons. The zero-order valence-corrected chi connectivity index (χ0v) is 20.2. The van der Waals surface area contributed by atoms with Crippen molar-refractivity contribution in [2.45, 2.75) is 43.5 Å². The lowest BCUT2D eigenvalue weighted by Crippen LogP contribution is -2.50. The van der Waals surface area contributed by atoms with Gasteiger partial charge in [0.15, 0.2) is 0 Å². The second-order valence-electron chi connectivity index (χ2n) is 9.79. The third kappa shape index (κ3) is 3.28. The van der Waals surface area contributed by atoms with Gasteiger partial charge in [-0.2, -0.15) is 17.9 Å². The van der Waals surface area contributed by atoms with E-state index in [0.29, 0.717) is 29.2 Å². The molecule has 7 heteroatoms. The fourth-order valence-electron chi connectivity index (χ4n) is 6.24. The Balaban J connectivity index is 1.55.